The van der Waals surface area contributed by atoms with Crippen LogP contribution < -0.4 is 4.74 Å². The summed E-state index contributed by atoms with van der Waals surface area (Å²) in [5, 5.41) is 11.1. The lowest BCUT2D eigenvalue weighted by Gasteiger charge is -2.25. The Balaban J connectivity index is 2.12. The molecule has 1 amide bonds. The van der Waals surface area contributed by atoms with Gasteiger partial charge in [0.15, 0.2) is 0 Å². The van der Waals surface area contributed by atoms with E-state index in [1.165, 1.54) is 0 Å². The maximum atomic E-state index is 12.9. The van der Waals surface area contributed by atoms with Gasteiger partial charge < -0.3 is 14.7 Å². The van der Waals surface area contributed by atoms with E-state index in [0.29, 0.717) is 23.4 Å². The van der Waals surface area contributed by atoms with Crippen LogP contribution in [0, 0.1) is 6.92 Å². The smallest absolute Gasteiger partial charge is 0.295 e. The summed E-state index contributed by atoms with van der Waals surface area (Å²) in [4.78, 5) is 31.4. The topological polar surface area (TPSA) is 79.7 Å². The summed E-state index contributed by atoms with van der Waals surface area (Å²) in [5.74, 6) is -0.760. The predicted octanol–water partition coefficient (Wildman–Crippen LogP) is 4.01. The van der Waals surface area contributed by atoms with Gasteiger partial charge in [-0.25, -0.2) is 0 Å². The molecule has 0 spiro atoms. The van der Waals surface area contributed by atoms with E-state index in [2.05, 4.69) is 11.9 Å². The number of aryl methyl sites for hydroxylation is 1. The number of aliphatic hydroxyl groups excluding tert-OH is 1. The Kier molecular flexibility index (Phi) is 6.32. The number of Topliss-reactive ketones (excluding diaryl/α,β-unsaturated/α-hetero) is 1. The Labute approximate surface area is 170 Å². The number of aliphatic hydroxyl groups is 1. The van der Waals surface area contributed by atoms with E-state index in [1.54, 1.807) is 48.7 Å². The summed E-state index contributed by atoms with van der Waals surface area (Å²) in [7, 11) is 1.57. The zero-order chi connectivity index (χ0) is 21.0. The van der Waals surface area contributed by atoms with Gasteiger partial charge in [0, 0.05) is 24.5 Å². The minimum atomic E-state index is -0.664. The molecule has 152 valence electrons. The summed E-state index contributed by atoms with van der Waals surface area (Å²) >= 11 is 0. The molecule has 2 heterocycles. The summed E-state index contributed by atoms with van der Waals surface area (Å²) in [6.45, 7) is 4.36. The first kappa shape index (κ1) is 20.6. The molecule has 1 aliphatic rings. The third-order valence-corrected chi connectivity index (χ3v) is 5.23. The largest absolute Gasteiger partial charge is 0.507 e. The highest BCUT2D eigenvalue weighted by atomic mass is 16.5. The van der Waals surface area contributed by atoms with E-state index in [4.69, 9.17) is 4.74 Å². The molecule has 1 atom stereocenters. The standard InChI is InChI=1S/C23H26N2O4/c1-4-5-6-12-25-20(16-8-7-11-24-14-16)19(22(27)23(25)28)21(26)18-10-9-17(29-3)13-15(18)2/h7-11,13-14,20,26H,4-6,12H2,1-3H3/b21-19-. The van der Waals surface area contributed by atoms with Gasteiger partial charge in [0.25, 0.3) is 11.7 Å². The van der Waals surface area contributed by atoms with Crippen molar-refractivity contribution in [1.29, 1.82) is 0 Å². The number of amides is 1. The van der Waals surface area contributed by atoms with Crippen molar-refractivity contribution in [2.24, 2.45) is 0 Å². The van der Waals surface area contributed by atoms with Crippen LogP contribution in [0.4, 0.5) is 0 Å². The van der Waals surface area contributed by atoms with Crippen LogP contribution in [0.15, 0.2) is 48.3 Å². The van der Waals surface area contributed by atoms with Gasteiger partial charge in [-0.2, -0.15) is 0 Å². The van der Waals surface area contributed by atoms with Gasteiger partial charge in [-0.05, 0) is 48.7 Å². The normalized spacial score (nSPS) is 18.3. The van der Waals surface area contributed by atoms with E-state index in [1.807, 2.05) is 13.0 Å². The number of hydrogen-bond acceptors (Lipinski definition) is 5. The van der Waals surface area contributed by atoms with Gasteiger partial charge in [-0.3, -0.25) is 14.6 Å². The maximum Gasteiger partial charge on any atom is 0.295 e. The molecule has 6 nitrogen and oxygen atoms in total. The Morgan fingerprint density at radius 3 is 2.66 bits per heavy atom. The molecule has 2 aromatic rings. The molecule has 0 saturated carbocycles. The van der Waals surface area contributed by atoms with Crippen LogP contribution in [0.2, 0.25) is 0 Å². The molecule has 1 aromatic carbocycles. The first-order chi connectivity index (χ1) is 14.0. The van der Waals surface area contributed by atoms with Crippen molar-refractivity contribution in [3.05, 3.63) is 65.0 Å². The average Bonchev–Trinajstić information content (AvgIpc) is 2.99. The molecular weight excluding hydrogens is 368 g/mol. The summed E-state index contributed by atoms with van der Waals surface area (Å²) < 4.78 is 5.22. The Morgan fingerprint density at radius 1 is 1.24 bits per heavy atom. The summed E-state index contributed by atoms with van der Waals surface area (Å²) in [6, 6.07) is 8.14. The van der Waals surface area contributed by atoms with E-state index in [0.717, 1.165) is 24.8 Å². The second-order valence-electron chi connectivity index (χ2n) is 7.17. The fraction of sp³-hybridized carbons (Fsp3) is 0.348. The van der Waals surface area contributed by atoms with Gasteiger partial charge >= 0.3 is 0 Å². The van der Waals surface area contributed by atoms with Gasteiger partial charge in [0.1, 0.15) is 11.5 Å². The van der Waals surface area contributed by atoms with Crippen LogP contribution >= 0.6 is 0 Å². The molecule has 3 rings (SSSR count). The molecule has 1 N–H and O–H groups in total. The van der Waals surface area contributed by atoms with Crippen molar-refractivity contribution < 1.29 is 19.4 Å². The Bertz CT molecular complexity index is 937. The number of carbonyl (C=O) groups excluding carboxylic acids is 2. The molecule has 0 aliphatic carbocycles. The summed E-state index contributed by atoms with van der Waals surface area (Å²) in [6.07, 6.45) is 6.03. The molecule has 1 aliphatic heterocycles. The highest BCUT2D eigenvalue weighted by molar-refractivity contribution is 6.46. The van der Waals surface area contributed by atoms with Crippen LogP contribution in [0.1, 0.15) is 48.9 Å². The molecule has 1 unspecified atom stereocenters. The third kappa shape index (κ3) is 4.01. The molecule has 1 aromatic heterocycles. The lowest BCUT2D eigenvalue weighted by Crippen LogP contribution is -2.30. The number of pyridine rings is 1. The zero-order valence-corrected chi connectivity index (χ0v) is 17.0. The van der Waals surface area contributed by atoms with Crippen LogP contribution in [-0.4, -0.2) is 40.3 Å². The minimum Gasteiger partial charge on any atom is -0.507 e. The molecule has 0 bridgehead atoms. The number of carbonyl (C=O) groups is 2. The van der Waals surface area contributed by atoms with Gasteiger partial charge in [-0.15, -0.1) is 0 Å². The fourth-order valence-corrected chi connectivity index (χ4v) is 3.70. The van der Waals surface area contributed by atoms with E-state index in [9.17, 15) is 14.7 Å². The molecule has 1 saturated heterocycles. The van der Waals surface area contributed by atoms with E-state index < -0.39 is 17.7 Å². The number of benzene rings is 1. The quantitative estimate of drug-likeness (QED) is 0.332. The fourth-order valence-electron chi connectivity index (χ4n) is 3.70. The number of rotatable bonds is 7. The number of likely N-dealkylation sites (tertiary alicyclic amines) is 1. The monoisotopic (exact) mass is 394 g/mol. The maximum absolute atomic E-state index is 12.9. The number of nitrogens with zero attached hydrogens (tertiary/aromatic N) is 2. The van der Waals surface area contributed by atoms with Crippen LogP contribution in [0.5, 0.6) is 5.75 Å². The molecular formula is C23H26N2O4. The number of hydrogen-bond donors (Lipinski definition) is 1. The SMILES string of the molecule is CCCCCN1C(=O)C(=O)/C(=C(\O)c2ccc(OC)cc2C)C1c1cccnc1. The van der Waals surface area contributed by atoms with E-state index >= 15 is 0 Å². The lowest BCUT2D eigenvalue weighted by molar-refractivity contribution is -0.139. The van der Waals surface area contributed by atoms with Crippen LogP contribution in [-0.2, 0) is 9.59 Å². The van der Waals surface area contributed by atoms with Gasteiger partial charge in [0.2, 0.25) is 0 Å². The predicted molar refractivity (Wildman–Crippen MR) is 111 cm³/mol. The van der Waals surface area contributed by atoms with Crippen molar-refractivity contribution in [2.45, 2.75) is 39.2 Å². The molecule has 1 fully saturated rings. The lowest BCUT2D eigenvalue weighted by atomic mass is 9.94. The zero-order valence-electron chi connectivity index (χ0n) is 17.0. The number of unbranched alkanes of at least 4 members (excludes halogenated alkanes) is 2. The van der Waals surface area contributed by atoms with Crippen molar-refractivity contribution in [3.63, 3.8) is 0 Å². The van der Waals surface area contributed by atoms with Crippen molar-refractivity contribution in [1.82, 2.24) is 9.88 Å². The summed E-state index contributed by atoms with van der Waals surface area (Å²) in [5.41, 5.74) is 2.07. The third-order valence-electron chi connectivity index (χ3n) is 5.23. The molecule has 0 radical (unpaired) electrons. The van der Waals surface area contributed by atoms with Crippen molar-refractivity contribution >= 4 is 17.4 Å². The minimum absolute atomic E-state index is 0.104. The molecule has 29 heavy (non-hydrogen) atoms. The first-order valence-corrected chi connectivity index (χ1v) is 9.83. The van der Waals surface area contributed by atoms with E-state index in [-0.39, 0.29) is 11.3 Å². The number of aromatic nitrogens is 1. The van der Waals surface area contributed by atoms with Gasteiger partial charge in [-0.1, -0.05) is 25.8 Å². The van der Waals surface area contributed by atoms with Crippen LogP contribution in [0.25, 0.3) is 5.76 Å². The highest BCUT2D eigenvalue weighted by Gasteiger charge is 2.45. The Hall–Kier alpha value is -3.15. The van der Waals surface area contributed by atoms with Crippen molar-refractivity contribution in [2.75, 3.05) is 13.7 Å². The Morgan fingerprint density at radius 2 is 2.03 bits per heavy atom. The number of methoxy groups -OCH3 is 1. The molecule has 6 heteroatoms. The highest BCUT2D eigenvalue weighted by Crippen LogP contribution is 2.40. The number of ketones is 1. The van der Waals surface area contributed by atoms with Crippen LogP contribution in [0.3, 0.4) is 0 Å². The second kappa shape index (κ2) is 8.90. The first-order valence-electron chi connectivity index (χ1n) is 9.83. The van der Waals surface area contributed by atoms with Crippen molar-refractivity contribution in [3.8, 4) is 5.75 Å². The second-order valence-corrected chi connectivity index (χ2v) is 7.17. The average molecular weight is 394 g/mol. The van der Waals surface area contributed by atoms with Gasteiger partial charge in [0.05, 0.1) is 18.7 Å². The number of ether oxygens (including phenoxy) is 1.